The second kappa shape index (κ2) is 5.40. The van der Waals surface area contributed by atoms with Crippen LogP contribution in [-0.2, 0) is 6.42 Å². The molecule has 20 heavy (non-hydrogen) atoms. The third-order valence-electron chi connectivity index (χ3n) is 3.62. The average molecular weight is 326 g/mol. The molecule has 1 aromatic heterocycles. The Labute approximate surface area is 131 Å². The van der Waals surface area contributed by atoms with Crippen molar-refractivity contribution in [1.82, 2.24) is 0 Å². The predicted octanol–water partition coefficient (Wildman–Crippen LogP) is 4.69. The lowest BCUT2D eigenvalue weighted by atomic mass is 10.1. The van der Waals surface area contributed by atoms with Crippen molar-refractivity contribution in [3.05, 3.63) is 50.1 Å². The van der Waals surface area contributed by atoms with Crippen molar-refractivity contribution in [2.75, 3.05) is 11.4 Å². The molecule has 0 bridgehead atoms. The fraction of sp³-hybridized carbons (Fsp3) is 0.267. The Morgan fingerprint density at radius 2 is 2.15 bits per heavy atom. The molecule has 0 fully saturated rings. The maximum absolute atomic E-state index is 12.4. The number of nitrogens with zero attached hydrogens (tertiary/aromatic N) is 1. The van der Waals surface area contributed by atoms with Gasteiger partial charge in [-0.15, -0.1) is 11.3 Å². The zero-order chi connectivity index (χ0) is 14.3. The van der Waals surface area contributed by atoms with E-state index in [4.69, 9.17) is 23.2 Å². The average Bonchev–Trinajstić information content (AvgIpc) is 2.90. The van der Waals surface area contributed by atoms with Gasteiger partial charge in [0.2, 0.25) is 0 Å². The third kappa shape index (κ3) is 2.46. The molecule has 1 unspecified atom stereocenters. The van der Waals surface area contributed by atoms with E-state index in [1.165, 1.54) is 16.9 Å². The van der Waals surface area contributed by atoms with E-state index in [-0.39, 0.29) is 5.78 Å². The molecule has 1 atom stereocenters. The Balaban J connectivity index is 1.85. The van der Waals surface area contributed by atoms with Gasteiger partial charge in [-0.25, -0.2) is 0 Å². The van der Waals surface area contributed by atoms with Crippen molar-refractivity contribution in [1.29, 1.82) is 0 Å². The Morgan fingerprint density at radius 1 is 1.40 bits per heavy atom. The number of anilines is 1. The van der Waals surface area contributed by atoms with Gasteiger partial charge >= 0.3 is 0 Å². The van der Waals surface area contributed by atoms with Crippen LogP contribution in [0.1, 0.15) is 22.8 Å². The first-order valence-electron chi connectivity index (χ1n) is 6.39. The number of hydrogen-bond donors (Lipinski definition) is 0. The number of Topliss-reactive ketones (excluding diaryl/α,β-unsaturated/α-hetero) is 1. The first-order valence-corrected chi connectivity index (χ1v) is 7.96. The summed E-state index contributed by atoms with van der Waals surface area (Å²) in [5.74, 6) is 0.0155. The number of thiophene rings is 1. The highest BCUT2D eigenvalue weighted by Crippen LogP contribution is 2.34. The van der Waals surface area contributed by atoms with Crippen molar-refractivity contribution in [3.63, 3.8) is 0 Å². The van der Waals surface area contributed by atoms with Gasteiger partial charge in [0, 0.05) is 11.7 Å². The van der Waals surface area contributed by atoms with Crippen LogP contribution in [0.25, 0.3) is 0 Å². The van der Waals surface area contributed by atoms with Gasteiger partial charge < -0.3 is 4.90 Å². The molecule has 0 aliphatic carbocycles. The lowest BCUT2D eigenvalue weighted by Gasteiger charge is -2.23. The first-order chi connectivity index (χ1) is 9.56. The summed E-state index contributed by atoms with van der Waals surface area (Å²) < 4.78 is 1.02. The molecule has 0 saturated carbocycles. The number of para-hydroxylation sites is 1. The number of benzene rings is 1. The van der Waals surface area contributed by atoms with E-state index in [9.17, 15) is 4.79 Å². The summed E-state index contributed by atoms with van der Waals surface area (Å²) in [6, 6.07) is 10.2. The smallest absolute Gasteiger partial charge is 0.184 e. The summed E-state index contributed by atoms with van der Waals surface area (Å²) in [7, 11) is 0. The number of rotatable bonds is 3. The predicted molar refractivity (Wildman–Crippen MR) is 85.6 cm³/mol. The molecule has 2 heterocycles. The van der Waals surface area contributed by atoms with Crippen molar-refractivity contribution in [2.45, 2.75) is 19.4 Å². The molecule has 1 aliphatic rings. The maximum atomic E-state index is 12.4. The SMILES string of the molecule is CC1Cc2ccccc2N1CC(=O)c1cc(Cl)sc1Cl. The Morgan fingerprint density at radius 3 is 2.85 bits per heavy atom. The van der Waals surface area contributed by atoms with Crippen LogP contribution in [0.2, 0.25) is 8.67 Å². The van der Waals surface area contributed by atoms with Crippen molar-refractivity contribution in [2.24, 2.45) is 0 Å². The van der Waals surface area contributed by atoms with Crippen molar-refractivity contribution in [3.8, 4) is 0 Å². The van der Waals surface area contributed by atoms with Gasteiger partial charge in [0.25, 0.3) is 0 Å². The summed E-state index contributed by atoms with van der Waals surface area (Å²) in [5.41, 5.74) is 2.96. The quantitative estimate of drug-likeness (QED) is 0.763. The number of carbonyl (C=O) groups is 1. The zero-order valence-corrected chi connectivity index (χ0v) is 13.2. The molecular formula is C15H13Cl2NOS. The van der Waals surface area contributed by atoms with E-state index >= 15 is 0 Å². The maximum Gasteiger partial charge on any atom is 0.184 e. The largest absolute Gasteiger partial charge is 0.361 e. The second-order valence-electron chi connectivity index (χ2n) is 4.97. The normalized spacial score (nSPS) is 17.4. The molecule has 0 amide bonds. The van der Waals surface area contributed by atoms with E-state index in [2.05, 4.69) is 24.0 Å². The lowest BCUT2D eigenvalue weighted by molar-refractivity contribution is 0.0998. The van der Waals surface area contributed by atoms with Crippen molar-refractivity contribution >= 4 is 46.0 Å². The van der Waals surface area contributed by atoms with Crippen LogP contribution in [0.3, 0.4) is 0 Å². The van der Waals surface area contributed by atoms with Crippen molar-refractivity contribution < 1.29 is 4.79 Å². The standard InChI is InChI=1S/C15H13Cl2NOS/c1-9-6-10-4-2-3-5-12(10)18(9)8-13(19)11-7-14(16)20-15(11)17/h2-5,7,9H,6,8H2,1H3. The molecule has 3 rings (SSSR count). The van der Waals surface area contributed by atoms with Gasteiger partial charge in [-0.2, -0.15) is 0 Å². The summed E-state index contributed by atoms with van der Waals surface area (Å²) in [6.45, 7) is 2.47. The highest BCUT2D eigenvalue weighted by Gasteiger charge is 2.28. The first kappa shape index (κ1) is 13.9. The van der Waals surface area contributed by atoms with E-state index < -0.39 is 0 Å². The Kier molecular flexibility index (Phi) is 3.76. The summed E-state index contributed by atoms with van der Waals surface area (Å²) >= 11 is 13.2. The molecule has 0 spiro atoms. The minimum absolute atomic E-state index is 0.0155. The molecule has 0 N–H and O–H groups in total. The van der Waals surface area contributed by atoms with Crippen LogP contribution < -0.4 is 4.90 Å². The van der Waals surface area contributed by atoms with Crippen LogP contribution in [0.5, 0.6) is 0 Å². The molecule has 5 heteroatoms. The van der Waals surface area contributed by atoms with Gasteiger partial charge in [0.05, 0.1) is 16.4 Å². The van der Waals surface area contributed by atoms with Gasteiger partial charge in [-0.05, 0) is 31.0 Å². The molecule has 2 nitrogen and oxygen atoms in total. The van der Waals surface area contributed by atoms with Crippen LogP contribution >= 0.6 is 34.5 Å². The highest BCUT2D eigenvalue weighted by atomic mass is 35.5. The number of ketones is 1. The molecule has 0 saturated heterocycles. The number of fused-ring (bicyclic) bond motifs is 1. The lowest BCUT2D eigenvalue weighted by Crippen LogP contribution is -2.34. The molecule has 1 aliphatic heterocycles. The topological polar surface area (TPSA) is 20.3 Å². The van der Waals surface area contributed by atoms with Crippen LogP contribution in [-0.4, -0.2) is 18.4 Å². The number of halogens is 2. The van der Waals surface area contributed by atoms with E-state index in [0.29, 0.717) is 26.8 Å². The molecular weight excluding hydrogens is 313 g/mol. The zero-order valence-electron chi connectivity index (χ0n) is 10.9. The minimum atomic E-state index is 0.0155. The molecule has 0 radical (unpaired) electrons. The monoisotopic (exact) mass is 325 g/mol. The minimum Gasteiger partial charge on any atom is -0.361 e. The van der Waals surface area contributed by atoms with E-state index in [0.717, 1.165) is 12.1 Å². The molecule has 104 valence electrons. The van der Waals surface area contributed by atoms with Gasteiger partial charge in [0.15, 0.2) is 5.78 Å². The molecule has 2 aromatic rings. The fourth-order valence-corrected chi connectivity index (χ4v) is 4.14. The van der Waals surface area contributed by atoms with Crippen LogP contribution in [0.4, 0.5) is 5.69 Å². The third-order valence-corrected chi connectivity index (χ3v) is 5.11. The Hall–Kier alpha value is -1.03. The summed E-state index contributed by atoms with van der Waals surface area (Å²) in [5, 5.41) is 0. The Bertz CT molecular complexity index is 668. The van der Waals surface area contributed by atoms with Gasteiger partial charge in [-0.1, -0.05) is 41.4 Å². The molecule has 1 aromatic carbocycles. The second-order valence-corrected chi connectivity index (χ2v) is 7.26. The summed E-state index contributed by atoms with van der Waals surface area (Å²) in [4.78, 5) is 14.6. The van der Waals surface area contributed by atoms with E-state index in [1.54, 1.807) is 6.07 Å². The van der Waals surface area contributed by atoms with Gasteiger partial charge in [0.1, 0.15) is 4.34 Å². The number of carbonyl (C=O) groups excluding carboxylic acids is 1. The van der Waals surface area contributed by atoms with Crippen LogP contribution in [0.15, 0.2) is 30.3 Å². The van der Waals surface area contributed by atoms with Crippen LogP contribution in [0, 0.1) is 0 Å². The summed E-state index contributed by atoms with van der Waals surface area (Å²) in [6.07, 6.45) is 0.974. The fourth-order valence-electron chi connectivity index (χ4n) is 2.64. The van der Waals surface area contributed by atoms with E-state index in [1.807, 2.05) is 12.1 Å². The number of hydrogen-bond acceptors (Lipinski definition) is 3. The van der Waals surface area contributed by atoms with Gasteiger partial charge in [-0.3, -0.25) is 4.79 Å². The highest BCUT2D eigenvalue weighted by molar-refractivity contribution is 7.20.